The highest BCUT2D eigenvalue weighted by atomic mass is 35.5. The van der Waals surface area contributed by atoms with E-state index in [-0.39, 0.29) is 38.8 Å². The van der Waals surface area contributed by atoms with E-state index in [1.165, 1.54) is 41.7 Å². The average Bonchev–Trinajstić information content (AvgIpc) is 2.68. The third-order valence-corrected chi connectivity index (χ3v) is 7.22. The number of nitrogens with zero attached hydrogens (tertiary/aromatic N) is 1. The molecule has 0 saturated carbocycles. The summed E-state index contributed by atoms with van der Waals surface area (Å²) < 4.78 is 46.6. The van der Waals surface area contributed by atoms with Crippen molar-refractivity contribution in [3.8, 4) is 5.75 Å². The Morgan fingerprint density at radius 1 is 1.17 bits per heavy atom. The maximum atomic E-state index is 13.3. The number of nitrogens with one attached hydrogen (secondary N) is 1. The van der Waals surface area contributed by atoms with Gasteiger partial charge in [-0.25, -0.2) is 12.8 Å². The van der Waals surface area contributed by atoms with Crippen molar-refractivity contribution in [2.45, 2.75) is 25.2 Å². The van der Waals surface area contributed by atoms with Crippen LogP contribution in [-0.4, -0.2) is 38.8 Å². The molecule has 3 rings (SSSR count). The standard InChI is InChI=1S/C21H24ClFN2O4S/c1-13-8-14(2)12-25(11-13)30(27,28)20-9-15(4-7-19(20)29-3)21(26)24-18-6-5-16(23)10-17(18)22/h4-7,9-10,13-14H,8,11-12H2,1-3H3,(H,24,26). The van der Waals surface area contributed by atoms with Gasteiger partial charge in [-0.15, -0.1) is 0 Å². The van der Waals surface area contributed by atoms with E-state index >= 15 is 0 Å². The van der Waals surface area contributed by atoms with Crippen molar-refractivity contribution < 1.29 is 22.3 Å². The third kappa shape index (κ3) is 4.77. The number of ether oxygens (including phenoxy) is 1. The number of benzene rings is 2. The van der Waals surface area contributed by atoms with Gasteiger partial charge in [0.1, 0.15) is 16.5 Å². The van der Waals surface area contributed by atoms with Gasteiger partial charge in [0.05, 0.1) is 17.8 Å². The number of anilines is 1. The lowest BCUT2D eigenvalue weighted by molar-refractivity contribution is 0.102. The summed E-state index contributed by atoms with van der Waals surface area (Å²) in [6.07, 6.45) is 0.962. The molecule has 0 bridgehead atoms. The van der Waals surface area contributed by atoms with Crippen LogP contribution in [0.15, 0.2) is 41.3 Å². The van der Waals surface area contributed by atoms with Crippen LogP contribution in [0.1, 0.15) is 30.6 Å². The largest absolute Gasteiger partial charge is 0.495 e. The lowest BCUT2D eigenvalue weighted by atomic mass is 9.94. The van der Waals surface area contributed by atoms with E-state index in [9.17, 15) is 17.6 Å². The van der Waals surface area contributed by atoms with Gasteiger partial charge in [-0.05, 0) is 54.7 Å². The summed E-state index contributed by atoms with van der Waals surface area (Å²) in [5, 5.41) is 2.62. The van der Waals surface area contributed by atoms with Crippen molar-refractivity contribution in [1.82, 2.24) is 4.31 Å². The number of halogens is 2. The Kier molecular flexibility index (Phi) is 6.69. The molecule has 30 heavy (non-hydrogen) atoms. The molecule has 162 valence electrons. The minimum atomic E-state index is -3.86. The fourth-order valence-corrected chi connectivity index (χ4v) is 5.82. The first-order chi connectivity index (χ1) is 14.1. The van der Waals surface area contributed by atoms with E-state index in [0.29, 0.717) is 13.1 Å². The van der Waals surface area contributed by atoms with Crippen LogP contribution in [0.5, 0.6) is 5.75 Å². The summed E-state index contributed by atoms with van der Waals surface area (Å²) in [7, 11) is -2.48. The van der Waals surface area contributed by atoms with Gasteiger partial charge in [-0.2, -0.15) is 4.31 Å². The number of amides is 1. The zero-order valence-corrected chi connectivity index (χ0v) is 18.6. The molecule has 6 nitrogen and oxygen atoms in total. The van der Waals surface area contributed by atoms with Gasteiger partial charge in [0, 0.05) is 18.7 Å². The maximum absolute atomic E-state index is 13.3. The lowest BCUT2D eigenvalue weighted by Gasteiger charge is -2.34. The van der Waals surface area contributed by atoms with Crippen LogP contribution in [-0.2, 0) is 10.0 Å². The Hall–Kier alpha value is -2.16. The molecule has 1 N–H and O–H groups in total. The molecular formula is C21H24ClFN2O4S. The van der Waals surface area contributed by atoms with Gasteiger partial charge in [0.25, 0.3) is 5.91 Å². The number of hydrogen-bond donors (Lipinski definition) is 1. The van der Waals surface area contributed by atoms with Gasteiger partial charge in [-0.3, -0.25) is 4.79 Å². The summed E-state index contributed by atoms with van der Waals surface area (Å²) in [5.74, 6) is -0.454. The first kappa shape index (κ1) is 22.5. The van der Waals surface area contributed by atoms with E-state index in [2.05, 4.69) is 5.32 Å². The summed E-state index contributed by atoms with van der Waals surface area (Å²) in [5.41, 5.74) is 0.342. The molecule has 0 radical (unpaired) electrons. The Labute approximate surface area is 181 Å². The molecule has 0 aliphatic carbocycles. The molecule has 2 atom stereocenters. The van der Waals surface area contributed by atoms with Crippen molar-refractivity contribution >= 4 is 33.2 Å². The zero-order valence-electron chi connectivity index (χ0n) is 17.0. The van der Waals surface area contributed by atoms with Crippen molar-refractivity contribution in [2.24, 2.45) is 11.8 Å². The van der Waals surface area contributed by atoms with Crippen LogP contribution in [0.4, 0.5) is 10.1 Å². The third-order valence-electron chi connectivity index (χ3n) is 5.06. The van der Waals surface area contributed by atoms with Gasteiger partial charge in [0.2, 0.25) is 10.0 Å². The maximum Gasteiger partial charge on any atom is 0.255 e. The molecule has 1 fully saturated rings. The summed E-state index contributed by atoms with van der Waals surface area (Å²) >= 11 is 5.96. The second-order valence-corrected chi connectivity index (χ2v) is 10.0. The monoisotopic (exact) mass is 454 g/mol. The quantitative estimate of drug-likeness (QED) is 0.726. The molecule has 2 aromatic carbocycles. The second kappa shape index (κ2) is 8.91. The number of piperidine rings is 1. The van der Waals surface area contributed by atoms with E-state index < -0.39 is 21.7 Å². The van der Waals surface area contributed by atoms with Crippen LogP contribution >= 0.6 is 11.6 Å². The normalized spacial score (nSPS) is 20.0. The molecule has 2 unspecified atom stereocenters. The number of carbonyl (C=O) groups excluding carboxylic acids is 1. The highest BCUT2D eigenvalue weighted by Crippen LogP contribution is 2.32. The van der Waals surface area contributed by atoms with Gasteiger partial charge < -0.3 is 10.1 Å². The first-order valence-corrected chi connectivity index (χ1v) is 11.4. The zero-order chi connectivity index (χ0) is 22.1. The number of hydrogen-bond acceptors (Lipinski definition) is 4. The fourth-order valence-electron chi connectivity index (χ4n) is 3.75. The number of methoxy groups -OCH3 is 1. The van der Waals surface area contributed by atoms with Crippen molar-refractivity contribution in [2.75, 3.05) is 25.5 Å². The van der Waals surface area contributed by atoms with Crippen LogP contribution < -0.4 is 10.1 Å². The highest BCUT2D eigenvalue weighted by Gasteiger charge is 2.34. The summed E-state index contributed by atoms with van der Waals surface area (Å²) in [4.78, 5) is 12.6. The number of sulfonamides is 1. The van der Waals surface area contributed by atoms with Crippen molar-refractivity contribution in [3.05, 3.63) is 52.8 Å². The molecular weight excluding hydrogens is 431 g/mol. The highest BCUT2D eigenvalue weighted by molar-refractivity contribution is 7.89. The smallest absolute Gasteiger partial charge is 0.255 e. The Morgan fingerprint density at radius 2 is 1.83 bits per heavy atom. The molecule has 1 amide bonds. The van der Waals surface area contributed by atoms with E-state index in [1.807, 2.05) is 13.8 Å². The van der Waals surface area contributed by atoms with Crippen LogP contribution in [0.3, 0.4) is 0 Å². The van der Waals surface area contributed by atoms with E-state index in [1.54, 1.807) is 0 Å². The predicted octanol–water partition coefficient (Wildman–Crippen LogP) is 4.41. The number of rotatable bonds is 5. The summed E-state index contributed by atoms with van der Waals surface area (Å²) in [6.45, 7) is 4.87. The van der Waals surface area contributed by atoms with E-state index in [0.717, 1.165) is 12.5 Å². The fraction of sp³-hybridized carbons (Fsp3) is 0.381. The molecule has 1 aliphatic rings. The van der Waals surface area contributed by atoms with Crippen LogP contribution in [0.25, 0.3) is 0 Å². The lowest BCUT2D eigenvalue weighted by Crippen LogP contribution is -2.42. The van der Waals surface area contributed by atoms with Crippen LogP contribution in [0, 0.1) is 17.7 Å². The minimum Gasteiger partial charge on any atom is -0.495 e. The molecule has 1 saturated heterocycles. The topological polar surface area (TPSA) is 75.7 Å². The summed E-state index contributed by atoms with van der Waals surface area (Å²) in [6, 6.07) is 7.80. The molecule has 9 heteroatoms. The van der Waals surface area contributed by atoms with Crippen molar-refractivity contribution in [1.29, 1.82) is 0 Å². The van der Waals surface area contributed by atoms with E-state index in [4.69, 9.17) is 16.3 Å². The Bertz CT molecular complexity index is 1050. The molecule has 1 aliphatic heterocycles. The Morgan fingerprint density at radius 3 is 2.43 bits per heavy atom. The van der Waals surface area contributed by atoms with Gasteiger partial charge >= 0.3 is 0 Å². The van der Waals surface area contributed by atoms with Gasteiger partial charge in [-0.1, -0.05) is 25.4 Å². The second-order valence-electron chi connectivity index (χ2n) is 7.71. The SMILES string of the molecule is COc1ccc(C(=O)Nc2ccc(F)cc2Cl)cc1S(=O)(=O)N1CC(C)CC(C)C1. The molecule has 0 aromatic heterocycles. The first-order valence-electron chi connectivity index (χ1n) is 9.56. The average molecular weight is 455 g/mol. The van der Waals surface area contributed by atoms with Crippen molar-refractivity contribution in [3.63, 3.8) is 0 Å². The number of carbonyl (C=O) groups is 1. The molecule has 2 aromatic rings. The molecule has 1 heterocycles. The van der Waals surface area contributed by atoms with Crippen LogP contribution in [0.2, 0.25) is 5.02 Å². The van der Waals surface area contributed by atoms with Gasteiger partial charge in [0.15, 0.2) is 0 Å². The molecule has 0 spiro atoms. The predicted molar refractivity (Wildman–Crippen MR) is 114 cm³/mol. The minimum absolute atomic E-state index is 0.0426. The Balaban J connectivity index is 1.94.